The van der Waals surface area contributed by atoms with Crippen molar-refractivity contribution in [3.8, 4) is 0 Å². The highest BCUT2D eigenvalue weighted by Crippen LogP contribution is 2.14. The summed E-state index contributed by atoms with van der Waals surface area (Å²) in [6.07, 6.45) is 3.68. The molecule has 0 aromatic carbocycles. The third-order valence-corrected chi connectivity index (χ3v) is 2.82. The van der Waals surface area contributed by atoms with E-state index in [-0.39, 0.29) is 11.8 Å². The van der Waals surface area contributed by atoms with Crippen LogP contribution in [-0.2, 0) is 0 Å². The van der Waals surface area contributed by atoms with Crippen molar-refractivity contribution in [1.29, 1.82) is 0 Å². The molecular weight excluding hydrogens is 204 g/mol. The fourth-order valence-corrected chi connectivity index (χ4v) is 1.29. The van der Waals surface area contributed by atoms with Crippen LogP contribution in [0.25, 0.3) is 0 Å². The maximum Gasteiger partial charge on any atom is 0.0861 e. The van der Waals surface area contributed by atoms with Gasteiger partial charge in [-0.15, -0.1) is 6.58 Å². The molecule has 0 rings (SSSR count). The van der Waals surface area contributed by atoms with E-state index >= 15 is 0 Å². The van der Waals surface area contributed by atoms with Gasteiger partial charge in [0, 0.05) is 5.92 Å². The van der Waals surface area contributed by atoms with Crippen LogP contribution in [-0.4, -0.2) is 33.6 Å². The van der Waals surface area contributed by atoms with Gasteiger partial charge < -0.3 is 15.3 Å². The van der Waals surface area contributed by atoms with Gasteiger partial charge in [-0.1, -0.05) is 32.1 Å². The van der Waals surface area contributed by atoms with Gasteiger partial charge in [0.05, 0.1) is 18.3 Å². The highest BCUT2D eigenvalue weighted by Gasteiger charge is 2.20. The average molecular weight is 228 g/mol. The lowest BCUT2D eigenvalue weighted by atomic mass is 9.95. The molecule has 0 aliphatic rings. The van der Waals surface area contributed by atoms with E-state index in [1.807, 2.05) is 26.0 Å². The number of hydrogen-bond donors (Lipinski definition) is 3. The van der Waals surface area contributed by atoms with E-state index < -0.39 is 18.3 Å². The lowest BCUT2D eigenvalue weighted by Crippen LogP contribution is -2.30. The van der Waals surface area contributed by atoms with Crippen LogP contribution in [0.5, 0.6) is 0 Å². The molecule has 0 aliphatic heterocycles. The van der Waals surface area contributed by atoms with Gasteiger partial charge in [-0.2, -0.15) is 0 Å². The van der Waals surface area contributed by atoms with Crippen LogP contribution in [0.4, 0.5) is 0 Å². The largest absolute Gasteiger partial charge is 0.393 e. The summed E-state index contributed by atoms with van der Waals surface area (Å²) in [5.74, 6) is -0.0950. The predicted molar refractivity (Wildman–Crippen MR) is 66.0 cm³/mol. The second-order valence-electron chi connectivity index (χ2n) is 4.43. The van der Waals surface area contributed by atoms with E-state index in [0.717, 1.165) is 0 Å². The summed E-state index contributed by atoms with van der Waals surface area (Å²) in [5.41, 5.74) is 0. The Kier molecular flexibility index (Phi) is 7.30. The number of aliphatic hydroxyl groups is 3. The summed E-state index contributed by atoms with van der Waals surface area (Å²) in [5, 5.41) is 28.6. The van der Waals surface area contributed by atoms with Gasteiger partial charge in [0.1, 0.15) is 0 Å². The monoisotopic (exact) mass is 228 g/mol. The molecule has 0 aromatic rings. The topological polar surface area (TPSA) is 60.7 Å². The van der Waals surface area contributed by atoms with E-state index in [4.69, 9.17) is 0 Å². The van der Waals surface area contributed by atoms with E-state index in [0.29, 0.717) is 6.42 Å². The Morgan fingerprint density at radius 1 is 1.00 bits per heavy atom. The third-order valence-electron chi connectivity index (χ3n) is 2.82. The van der Waals surface area contributed by atoms with Crippen molar-refractivity contribution in [2.45, 2.75) is 45.5 Å². The Bertz CT molecular complexity index is 223. The Hall–Kier alpha value is -0.640. The van der Waals surface area contributed by atoms with Crippen molar-refractivity contribution < 1.29 is 15.3 Å². The molecule has 0 radical (unpaired) electrons. The van der Waals surface area contributed by atoms with Crippen LogP contribution in [0.15, 0.2) is 24.8 Å². The zero-order chi connectivity index (χ0) is 12.7. The highest BCUT2D eigenvalue weighted by molar-refractivity contribution is 4.96. The summed E-state index contributed by atoms with van der Waals surface area (Å²) in [6.45, 7) is 8.98. The Balaban J connectivity index is 4.23. The van der Waals surface area contributed by atoms with Crippen LogP contribution in [0.2, 0.25) is 0 Å². The van der Waals surface area contributed by atoms with Crippen molar-refractivity contribution >= 4 is 0 Å². The molecular formula is C13H24O3. The highest BCUT2D eigenvalue weighted by atomic mass is 16.3. The minimum Gasteiger partial charge on any atom is -0.393 e. The number of rotatable bonds is 7. The van der Waals surface area contributed by atoms with Gasteiger partial charge in [-0.05, 0) is 19.3 Å². The summed E-state index contributed by atoms with van der Waals surface area (Å²) in [7, 11) is 0. The minimum atomic E-state index is -0.796. The van der Waals surface area contributed by atoms with Crippen molar-refractivity contribution in [2.24, 2.45) is 11.8 Å². The van der Waals surface area contributed by atoms with Crippen LogP contribution < -0.4 is 0 Å². The molecule has 0 unspecified atom stereocenters. The summed E-state index contributed by atoms with van der Waals surface area (Å²) in [4.78, 5) is 0. The van der Waals surface area contributed by atoms with E-state index in [2.05, 4.69) is 6.58 Å². The second-order valence-corrected chi connectivity index (χ2v) is 4.43. The molecule has 3 N–H and O–H groups in total. The van der Waals surface area contributed by atoms with Crippen molar-refractivity contribution in [3.63, 3.8) is 0 Å². The normalized spacial score (nSPS) is 21.4. The lowest BCUT2D eigenvalue weighted by Gasteiger charge is -2.21. The fraction of sp³-hybridized carbons (Fsp3) is 0.692. The van der Waals surface area contributed by atoms with Crippen LogP contribution in [0, 0.1) is 11.8 Å². The molecule has 3 nitrogen and oxygen atoms in total. The standard InChI is InChI=1S/C13H24O3/c1-5-6-12(15)13(16)10(3)8-7-9(2)11(4)14/h5,7-16H,1,6H2,2-4H3/b8-7-/t9-,10-,11+,12+,13-/m1/s1. The molecule has 5 atom stereocenters. The minimum absolute atomic E-state index is 0.0474. The van der Waals surface area contributed by atoms with Gasteiger partial charge in [0.15, 0.2) is 0 Å². The maximum absolute atomic E-state index is 9.76. The zero-order valence-electron chi connectivity index (χ0n) is 10.4. The first-order chi connectivity index (χ1) is 7.40. The lowest BCUT2D eigenvalue weighted by molar-refractivity contribution is 0.000705. The summed E-state index contributed by atoms with van der Waals surface area (Å²) >= 11 is 0. The maximum atomic E-state index is 9.76. The summed E-state index contributed by atoms with van der Waals surface area (Å²) < 4.78 is 0. The Labute approximate surface area is 98.1 Å². The quantitative estimate of drug-likeness (QED) is 0.579. The fourth-order valence-electron chi connectivity index (χ4n) is 1.29. The molecule has 3 heteroatoms. The zero-order valence-corrected chi connectivity index (χ0v) is 10.4. The van der Waals surface area contributed by atoms with Crippen LogP contribution in [0.1, 0.15) is 27.2 Å². The van der Waals surface area contributed by atoms with Crippen molar-refractivity contribution in [2.75, 3.05) is 0 Å². The second kappa shape index (κ2) is 7.60. The molecule has 0 saturated heterocycles. The van der Waals surface area contributed by atoms with Gasteiger partial charge in [0.2, 0.25) is 0 Å². The molecule has 0 spiro atoms. The predicted octanol–water partition coefficient (Wildman–Crippen LogP) is 1.49. The molecule has 0 bridgehead atoms. The van der Waals surface area contributed by atoms with Crippen LogP contribution in [0.3, 0.4) is 0 Å². The molecule has 0 amide bonds. The third kappa shape index (κ3) is 5.45. The molecule has 0 fully saturated rings. The number of aliphatic hydroxyl groups excluding tert-OH is 3. The molecule has 16 heavy (non-hydrogen) atoms. The molecule has 0 saturated carbocycles. The van der Waals surface area contributed by atoms with Gasteiger partial charge in [-0.3, -0.25) is 0 Å². The molecule has 0 heterocycles. The van der Waals surface area contributed by atoms with E-state index in [9.17, 15) is 15.3 Å². The Morgan fingerprint density at radius 3 is 1.94 bits per heavy atom. The molecule has 0 aromatic heterocycles. The first-order valence-corrected chi connectivity index (χ1v) is 5.73. The summed E-state index contributed by atoms with van der Waals surface area (Å²) in [6, 6.07) is 0. The van der Waals surface area contributed by atoms with Crippen molar-refractivity contribution in [3.05, 3.63) is 24.8 Å². The van der Waals surface area contributed by atoms with Gasteiger partial charge in [0.25, 0.3) is 0 Å². The van der Waals surface area contributed by atoms with Crippen molar-refractivity contribution in [1.82, 2.24) is 0 Å². The number of hydrogen-bond acceptors (Lipinski definition) is 3. The first kappa shape index (κ1) is 15.4. The average Bonchev–Trinajstić information content (AvgIpc) is 2.24. The van der Waals surface area contributed by atoms with Gasteiger partial charge >= 0.3 is 0 Å². The van der Waals surface area contributed by atoms with E-state index in [1.165, 1.54) is 0 Å². The Morgan fingerprint density at radius 2 is 1.50 bits per heavy atom. The molecule has 0 aliphatic carbocycles. The first-order valence-electron chi connectivity index (χ1n) is 5.73. The van der Waals surface area contributed by atoms with E-state index in [1.54, 1.807) is 13.0 Å². The van der Waals surface area contributed by atoms with Gasteiger partial charge in [-0.25, -0.2) is 0 Å². The molecule has 94 valence electrons. The smallest absolute Gasteiger partial charge is 0.0861 e. The van der Waals surface area contributed by atoms with Crippen LogP contribution >= 0.6 is 0 Å². The SMILES string of the molecule is C=CC[C@H](O)[C@H](O)[C@H](C)/C=C\[C@@H](C)[C@H](C)O.